The summed E-state index contributed by atoms with van der Waals surface area (Å²) < 4.78 is 1.68. The molecule has 26 heavy (non-hydrogen) atoms. The summed E-state index contributed by atoms with van der Waals surface area (Å²) in [6.07, 6.45) is 2.94. The van der Waals surface area contributed by atoms with Gasteiger partial charge in [-0.2, -0.15) is 0 Å². The molecule has 134 valence electrons. The van der Waals surface area contributed by atoms with Crippen molar-refractivity contribution in [3.05, 3.63) is 64.8 Å². The summed E-state index contributed by atoms with van der Waals surface area (Å²) >= 11 is 0. The van der Waals surface area contributed by atoms with E-state index in [9.17, 15) is 4.79 Å². The van der Waals surface area contributed by atoms with E-state index in [4.69, 9.17) is 4.98 Å². The second-order valence-electron chi connectivity index (χ2n) is 6.90. The molecule has 6 heteroatoms. The topological polar surface area (TPSA) is 63.1 Å². The van der Waals surface area contributed by atoms with Gasteiger partial charge in [0.05, 0.1) is 17.4 Å². The number of rotatable bonds is 5. The van der Waals surface area contributed by atoms with Gasteiger partial charge in [-0.3, -0.25) is 14.3 Å². The van der Waals surface area contributed by atoms with Gasteiger partial charge < -0.3 is 5.32 Å². The van der Waals surface area contributed by atoms with Crippen LogP contribution in [0.5, 0.6) is 0 Å². The van der Waals surface area contributed by atoms with Gasteiger partial charge in [0.1, 0.15) is 11.6 Å². The van der Waals surface area contributed by atoms with Crippen LogP contribution in [0.3, 0.4) is 0 Å². The number of benzene rings is 1. The maximum atomic E-state index is 12.5. The molecular weight excluding hydrogens is 326 g/mol. The summed E-state index contributed by atoms with van der Waals surface area (Å²) in [4.78, 5) is 23.9. The fraction of sp³-hybridized carbons (Fsp3) is 0.350. The van der Waals surface area contributed by atoms with Gasteiger partial charge in [-0.1, -0.05) is 18.2 Å². The fourth-order valence-electron chi connectivity index (χ4n) is 3.54. The molecule has 1 aliphatic rings. The zero-order chi connectivity index (χ0) is 17.9. The number of anilines is 1. The van der Waals surface area contributed by atoms with Crippen molar-refractivity contribution in [2.24, 2.45) is 13.0 Å². The van der Waals surface area contributed by atoms with Crippen LogP contribution in [0.2, 0.25) is 0 Å². The van der Waals surface area contributed by atoms with Crippen molar-refractivity contribution >= 4 is 16.7 Å². The molecule has 0 saturated carbocycles. The molecule has 1 saturated heterocycles. The lowest BCUT2D eigenvalue weighted by atomic mass is 10.1. The first-order valence-electron chi connectivity index (χ1n) is 9.02. The fourth-order valence-corrected chi connectivity index (χ4v) is 3.54. The molecule has 0 spiro atoms. The van der Waals surface area contributed by atoms with Gasteiger partial charge in [0.2, 0.25) is 0 Å². The number of para-hydroxylation sites is 1. The number of likely N-dealkylation sites (tertiary alicyclic amines) is 1. The highest BCUT2D eigenvalue weighted by molar-refractivity contribution is 5.77. The van der Waals surface area contributed by atoms with E-state index in [1.165, 1.54) is 0 Å². The van der Waals surface area contributed by atoms with Crippen LogP contribution in [-0.4, -0.2) is 39.1 Å². The lowest BCUT2D eigenvalue weighted by Crippen LogP contribution is -2.29. The molecule has 4 rings (SSSR count). The van der Waals surface area contributed by atoms with Gasteiger partial charge in [-0.15, -0.1) is 0 Å². The van der Waals surface area contributed by atoms with Crippen LogP contribution in [0, 0.1) is 5.92 Å². The minimum absolute atomic E-state index is 0.0261. The highest BCUT2D eigenvalue weighted by Crippen LogP contribution is 2.19. The molecule has 2 aromatic heterocycles. The number of nitrogens with one attached hydrogen (secondary N) is 1. The van der Waals surface area contributed by atoms with Crippen LogP contribution < -0.4 is 10.9 Å². The Balaban J connectivity index is 1.42. The smallest absolute Gasteiger partial charge is 0.261 e. The van der Waals surface area contributed by atoms with E-state index in [1.807, 2.05) is 49.5 Å². The van der Waals surface area contributed by atoms with E-state index in [0.29, 0.717) is 17.8 Å². The lowest BCUT2D eigenvalue weighted by molar-refractivity contribution is 0.305. The summed E-state index contributed by atoms with van der Waals surface area (Å²) in [5, 5.41) is 4.09. The van der Waals surface area contributed by atoms with Crippen molar-refractivity contribution in [3.8, 4) is 0 Å². The average molecular weight is 349 g/mol. The van der Waals surface area contributed by atoms with E-state index in [2.05, 4.69) is 15.2 Å². The lowest BCUT2D eigenvalue weighted by Gasteiger charge is -2.18. The molecule has 1 atom stereocenters. The van der Waals surface area contributed by atoms with Crippen LogP contribution in [0.4, 0.5) is 5.82 Å². The maximum Gasteiger partial charge on any atom is 0.261 e. The number of fused-ring (bicyclic) bond motifs is 1. The molecule has 0 aliphatic carbocycles. The molecule has 3 aromatic rings. The van der Waals surface area contributed by atoms with E-state index < -0.39 is 0 Å². The normalized spacial score (nSPS) is 17.7. The Morgan fingerprint density at radius 3 is 2.88 bits per heavy atom. The van der Waals surface area contributed by atoms with Crippen molar-refractivity contribution in [2.75, 3.05) is 25.0 Å². The highest BCUT2D eigenvalue weighted by Gasteiger charge is 2.23. The zero-order valence-corrected chi connectivity index (χ0v) is 14.9. The molecule has 3 heterocycles. The first-order chi connectivity index (χ1) is 12.7. The van der Waals surface area contributed by atoms with Crippen molar-refractivity contribution < 1.29 is 0 Å². The number of aromatic nitrogens is 3. The van der Waals surface area contributed by atoms with Gasteiger partial charge in [-0.25, -0.2) is 9.97 Å². The molecule has 0 amide bonds. The first kappa shape index (κ1) is 16.7. The number of pyridine rings is 1. The van der Waals surface area contributed by atoms with E-state index in [-0.39, 0.29) is 5.56 Å². The minimum Gasteiger partial charge on any atom is -0.370 e. The van der Waals surface area contributed by atoms with Crippen LogP contribution >= 0.6 is 0 Å². The van der Waals surface area contributed by atoms with E-state index in [0.717, 1.165) is 43.2 Å². The van der Waals surface area contributed by atoms with Gasteiger partial charge >= 0.3 is 0 Å². The first-order valence-corrected chi connectivity index (χ1v) is 9.02. The summed E-state index contributed by atoms with van der Waals surface area (Å²) in [7, 11) is 1.81. The summed E-state index contributed by atoms with van der Waals surface area (Å²) in [6.45, 7) is 3.65. The number of nitrogens with zero attached hydrogens (tertiary/aromatic N) is 4. The van der Waals surface area contributed by atoms with Gasteiger partial charge in [0.25, 0.3) is 5.56 Å². The van der Waals surface area contributed by atoms with Gasteiger partial charge in [0, 0.05) is 26.3 Å². The van der Waals surface area contributed by atoms with Gasteiger partial charge in [0.15, 0.2) is 0 Å². The van der Waals surface area contributed by atoms with E-state index in [1.54, 1.807) is 10.8 Å². The van der Waals surface area contributed by atoms with Crippen LogP contribution in [0.25, 0.3) is 10.9 Å². The Labute approximate surface area is 152 Å². The quantitative estimate of drug-likeness (QED) is 0.765. The largest absolute Gasteiger partial charge is 0.370 e. The Morgan fingerprint density at radius 2 is 2.04 bits per heavy atom. The molecule has 0 bridgehead atoms. The van der Waals surface area contributed by atoms with Crippen molar-refractivity contribution in [3.63, 3.8) is 0 Å². The molecular formula is C20H23N5O. The molecule has 1 unspecified atom stereocenters. The van der Waals surface area contributed by atoms with Crippen LogP contribution in [0.1, 0.15) is 12.2 Å². The molecule has 1 N–H and O–H groups in total. The minimum atomic E-state index is 0.0261. The monoisotopic (exact) mass is 349 g/mol. The Bertz CT molecular complexity index is 953. The number of hydrogen-bond acceptors (Lipinski definition) is 5. The predicted octanol–water partition coefficient (Wildman–Crippen LogP) is 2.26. The Hall–Kier alpha value is -2.73. The van der Waals surface area contributed by atoms with Crippen LogP contribution in [0.15, 0.2) is 53.5 Å². The third-order valence-corrected chi connectivity index (χ3v) is 5.05. The Kier molecular flexibility index (Phi) is 4.67. The SMILES string of the molecule is Cn1c(CN2CCC(CNc3ccccn3)C2)nc2ccccc2c1=O. The van der Waals surface area contributed by atoms with E-state index >= 15 is 0 Å². The van der Waals surface area contributed by atoms with Crippen molar-refractivity contribution in [1.29, 1.82) is 0 Å². The third-order valence-electron chi connectivity index (χ3n) is 5.05. The van der Waals surface area contributed by atoms with Crippen molar-refractivity contribution in [2.45, 2.75) is 13.0 Å². The number of hydrogen-bond donors (Lipinski definition) is 1. The summed E-state index contributed by atoms with van der Waals surface area (Å²) in [5.41, 5.74) is 0.802. The molecule has 1 fully saturated rings. The van der Waals surface area contributed by atoms with Crippen molar-refractivity contribution in [1.82, 2.24) is 19.4 Å². The van der Waals surface area contributed by atoms with Crippen LogP contribution in [-0.2, 0) is 13.6 Å². The molecule has 1 aliphatic heterocycles. The molecule has 6 nitrogen and oxygen atoms in total. The average Bonchev–Trinajstić information content (AvgIpc) is 3.12. The summed E-state index contributed by atoms with van der Waals surface area (Å²) in [6, 6.07) is 13.4. The second-order valence-corrected chi connectivity index (χ2v) is 6.90. The summed E-state index contributed by atoms with van der Waals surface area (Å²) in [5.74, 6) is 2.33. The van der Waals surface area contributed by atoms with Gasteiger partial charge in [-0.05, 0) is 43.1 Å². The third kappa shape index (κ3) is 3.46. The maximum absolute atomic E-state index is 12.5. The second kappa shape index (κ2) is 7.25. The standard InChI is InChI=1S/C20H23N5O/c1-24-19(23-17-7-3-2-6-16(17)20(24)26)14-25-11-9-15(13-25)12-22-18-8-4-5-10-21-18/h2-8,10,15H,9,11-14H2,1H3,(H,21,22). The molecule has 1 aromatic carbocycles. The molecule has 0 radical (unpaired) electrons. The predicted molar refractivity (Wildman–Crippen MR) is 103 cm³/mol. The Morgan fingerprint density at radius 1 is 1.19 bits per heavy atom. The zero-order valence-electron chi connectivity index (χ0n) is 14.9. The highest BCUT2D eigenvalue weighted by atomic mass is 16.1.